The summed E-state index contributed by atoms with van der Waals surface area (Å²) in [7, 11) is 0. The molecule has 1 aliphatic carbocycles. The van der Waals surface area contributed by atoms with Crippen LogP contribution in [0.1, 0.15) is 0 Å². The largest absolute Gasteiger partial charge is 0.309 e. The fourth-order valence-corrected chi connectivity index (χ4v) is 11.6. The molecule has 0 aliphatic heterocycles. The first-order chi connectivity index (χ1) is 31.7. The van der Waals surface area contributed by atoms with Crippen molar-refractivity contribution in [3.63, 3.8) is 0 Å². The lowest BCUT2D eigenvalue weighted by atomic mass is 9.94. The summed E-state index contributed by atoms with van der Waals surface area (Å²) in [6.45, 7) is 0. The second kappa shape index (κ2) is 12.6. The Bertz CT molecular complexity index is 4300. The zero-order valence-electron chi connectivity index (χ0n) is 34.7. The molecular weight excluding hydrogens is 773 g/mol. The van der Waals surface area contributed by atoms with Crippen molar-refractivity contribution in [1.82, 2.24) is 9.13 Å². The van der Waals surface area contributed by atoms with E-state index in [1.54, 1.807) is 0 Å². The van der Waals surface area contributed by atoms with Gasteiger partial charge in [0, 0.05) is 32.6 Å². The van der Waals surface area contributed by atoms with Crippen LogP contribution >= 0.6 is 0 Å². The van der Waals surface area contributed by atoms with Crippen LogP contribution < -0.4 is 0 Å². The van der Waals surface area contributed by atoms with E-state index in [9.17, 15) is 0 Å². The highest BCUT2D eigenvalue weighted by Crippen LogP contribution is 2.49. The second-order valence-electron chi connectivity index (χ2n) is 17.6. The molecule has 0 radical (unpaired) electrons. The number of aromatic nitrogens is 2. The van der Waals surface area contributed by atoms with Gasteiger partial charge in [-0.1, -0.05) is 158 Å². The number of rotatable bonds is 3. The molecular formula is C62H36N2. The average Bonchev–Trinajstić information content (AvgIpc) is 3.99. The van der Waals surface area contributed by atoms with Gasteiger partial charge in [0.2, 0.25) is 0 Å². The van der Waals surface area contributed by atoms with Gasteiger partial charge in [-0.25, -0.2) is 0 Å². The van der Waals surface area contributed by atoms with Crippen LogP contribution in [0, 0.1) is 0 Å². The summed E-state index contributed by atoms with van der Waals surface area (Å²) in [5.41, 5.74) is 14.9. The van der Waals surface area contributed by atoms with Crippen LogP contribution in [0.2, 0.25) is 0 Å². The van der Waals surface area contributed by atoms with Gasteiger partial charge in [-0.15, -0.1) is 0 Å². The van der Waals surface area contributed by atoms with Crippen LogP contribution in [0.4, 0.5) is 0 Å². The zero-order valence-corrected chi connectivity index (χ0v) is 34.7. The summed E-state index contributed by atoms with van der Waals surface area (Å²) in [5, 5.41) is 17.8. The lowest BCUT2D eigenvalue weighted by Crippen LogP contribution is -1.96. The number of benzene rings is 12. The highest BCUT2D eigenvalue weighted by atomic mass is 15.0. The molecule has 0 bridgehead atoms. The van der Waals surface area contributed by atoms with Gasteiger partial charge in [0.05, 0.1) is 27.8 Å². The van der Waals surface area contributed by atoms with Crippen molar-refractivity contribution in [2.75, 3.05) is 0 Å². The number of nitrogens with zero attached hydrogens (tertiary/aromatic N) is 2. The molecule has 15 rings (SSSR count). The first-order valence-electron chi connectivity index (χ1n) is 22.3. The minimum Gasteiger partial charge on any atom is -0.309 e. The molecule has 0 fully saturated rings. The van der Waals surface area contributed by atoms with Crippen molar-refractivity contribution in [2.45, 2.75) is 0 Å². The van der Waals surface area contributed by atoms with Crippen LogP contribution in [-0.4, -0.2) is 9.13 Å². The first-order valence-corrected chi connectivity index (χ1v) is 22.3. The van der Waals surface area contributed by atoms with Gasteiger partial charge in [0.15, 0.2) is 0 Å². The SMILES string of the molecule is c1ccc2c(c1)-c1cccc3c(-n4c5ccccc5c5cc(-c6ccc7c(c6)c6cc8ccccc8cc6n7-c6ccc7c8ccccc8c8ccccc8c7c6)ccc54)ccc-2c13. The fraction of sp³-hybridized carbons (Fsp3) is 0. The second-order valence-corrected chi connectivity index (χ2v) is 17.6. The Morgan fingerprint density at radius 2 is 0.734 bits per heavy atom. The molecule has 0 saturated heterocycles. The molecule has 0 saturated carbocycles. The minimum atomic E-state index is 1.16. The van der Waals surface area contributed by atoms with Gasteiger partial charge >= 0.3 is 0 Å². The lowest BCUT2D eigenvalue weighted by molar-refractivity contribution is 1.19. The van der Waals surface area contributed by atoms with Crippen LogP contribution in [-0.2, 0) is 0 Å². The Balaban J connectivity index is 0.940. The molecule has 0 spiro atoms. The van der Waals surface area contributed by atoms with E-state index in [-0.39, 0.29) is 0 Å². The maximum Gasteiger partial charge on any atom is 0.0547 e. The predicted octanol–water partition coefficient (Wildman–Crippen LogP) is 17.0. The van der Waals surface area contributed by atoms with Crippen LogP contribution in [0.25, 0.3) is 142 Å². The normalized spacial score (nSPS) is 12.4. The molecule has 12 aromatic carbocycles. The molecule has 2 aromatic heterocycles. The van der Waals surface area contributed by atoms with E-state index in [0.29, 0.717) is 0 Å². The number of hydrogen-bond acceptors (Lipinski definition) is 0. The molecule has 64 heavy (non-hydrogen) atoms. The third-order valence-electron chi connectivity index (χ3n) is 14.4. The number of fused-ring (bicyclic) bond motifs is 16. The van der Waals surface area contributed by atoms with Crippen LogP contribution in [0.3, 0.4) is 0 Å². The van der Waals surface area contributed by atoms with E-state index in [0.717, 1.165) is 5.69 Å². The third-order valence-corrected chi connectivity index (χ3v) is 14.4. The van der Waals surface area contributed by atoms with E-state index in [2.05, 4.69) is 228 Å². The molecule has 2 heterocycles. The van der Waals surface area contributed by atoms with Gasteiger partial charge < -0.3 is 9.13 Å². The summed E-state index contributed by atoms with van der Waals surface area (Å²) in [5.74, 6) is 0. The van der Waals surface area contributed by atoms with Gasteiger partial charge in [-0.3, -0.25) is 0 Å². The van der Waals surface area contributed by atoms with Gasteiger partial charge in [-0.05, 0) is 143 Å². The Kier molecular flexibility index (Phi) is 6.71. The molecule has 2 heteroatoms. The quantitative estimate of drug-likeness (QED) is 0.157. The minimum absolute atomic E-state index is 1.16. The van der Waals surface area contributed by atoms with Gasteiger partial charge in [0.25, 0.3) is 0 Å². The van der Waals surface area contributed by atoms with E-state index < -0.39 is 0 Å². The predicted molar refractivity (Wildman–Crippen MR) is 273 cm³/mol. The Labute approximate surface area is 368 Å². The number of hydrogen-bond donors (Lipinski definition) is 0. The van der Waals surface area contributed by atoms with Crippen molar-refractivity contribution in [2.24, 2.45) is 0 Å². The van der Waals surface area contributed by atoms with Crippen LogP contribution in [0.5, 0.6) is 0 Å². The Morgan fingerprint density at radius 1 is 0.234 bits per heavy atom. The molecule has 0 atom stereocenters. The van der Waals surface area contributed by atoms with Crippen LogP contribution in [0.15, 0.2) is 218 Å². The maximum absolute atomic E-state index is 2.48. The lowest BCUT2D eigenvalue weighted by Gasteiger charge is -2.14. The highest BCUT2D eigenvalue weighted by molar-refractivity contribution is 6.26. The Morgan fingerprint density at radius 3 is 1.45 bits per heavy atom. The number of para-hydroxylation sites is 1. The summed E-state index contributed by atoms with van der Waals surface area (Å²) in [6, 6.07) is 81.6. The topological polar surface area (TPSA) is 9.86 Å². The standard InChI is InChI=1S/C62H36N2/c1-2-13-38-35-61-56(32-37(38)12-1)55-34-40(24-29-59(55)63(61)41-26-27-48-44-16-4-3-14-42(44)43-15-5-8-19-47(43)53(48)36-41)39-25-30-60-54(33-39)49-20-9-10-23-57(49)64(60)58-31-28-51-46-18-7-6-17-45(46)50-21-11-22-52(58)62(50)51/h1-36H. The molecule has 14 aromatic rings. The smallest absolute Gasteiger partial charge is 0.0547 e. The molecule has 0 amide bonds. The van der Waals surface area contributed by atoms with E-state index in [1.807, 2.05) is 0 Å². The first kappa shape index (κ1) is 34.2. The highest BCUT2D eigenvalue weighted by Gasteiger charge is 2.24. The Hall–Kier alpha value is -8.46. The molecule has 0 N–H and O–H groups in total. The fourth-order valence-electron chi connectivity index (χ4n) is 11.6. The van der Waals surface area contributed by atoms with E-state index in [1.165, 1.54) is 137 Å². The third kappa shape index (κ3) is 4.53. The summed E-state index contributed by atoms with van der Waals surface area (Å²) < 4.78 is 4.97. The molecule has 2 nitrogen and oxygen atoms in total. The zero-order chi connectivity index (χ0) is 41.6. The molecule has 0 unspecified atom stereocenters. The molecule has 1 aliphatic rings. The van der Waals surface area contributed by atoms with Crippen molar-refractivity contribution < 1.29 is 0 Å². The monoisotopic (exact) mass is 808 g/mol. The van der Waals surface area contributed by atoms with Crippen molar-refractivity contribution in [3.8, 4) is 44.8 Å². The maximum atomic E-state index is 2.48. The molecule has 294 valence electrons. The van der Waals surface area contributed by atoms with Crippen molar-refractivity contribution in [3.05, 3.63) is 218 Å². The summed E-state index contributed by atoms with van der Waals surface area (Å²) >= 11 is 0. The average molecular weight is 809 g/mol. The summed E-state index contributed by atoms with van der Waals surface area (Å²) in [4.78, 5) is 0. The van der Waals surface area contributed by atoms with Crippen molar-refractivity contribution in [1.29, 1.82) is 0 Å². The van der Waals surface area contributed by atoms with Gasteiger partial charge in [0.1, 0.15) is 0 Å². The van der Waals surface area contributed by atoms with E-state index in [4.69, 9.17) is 0 Å². The van der Waals surface area contributed by atoms with Crippen molar-refractivity contribution >= 4 is 97.5 Å². The summed E-state index contributed by atoms with van der Waals surface area (Å²) in [6.07, 6.45) is 0. The van der Waals surface area contributed by atoms with Gasteiger partial charge in [-0.2, -0.15) is 0 Å². The van der Waals surface area contributed by atoms with E-state index >= 15 is 0 Å².